The standard InChI is InChI=1S/C8H13BrN2O/c1-8(2,3)11-7(12-4)5-6(9)10-11/h5H,1-4H3. The Hall–Kier alpha value is -0.510. The molecule has 0 amide bonds. The van der Waals surface area contributed by atoms with Crippen LogP contribution in [0, 0.1) is 0 Å². The predicted molar refractivity (Wildman–Crippen MR) is 51.5 cm³/mol. The lowest BCUT2D eigenvalue weighted by molar-refractivity contribution is 0.282. The number of methoxy groups -OCH3 is 1. The maximum absolute atomic E-state index is 5.16. The van der Waals surface area contributed by atoms with Crippen molar-refractivity contribution in [3.05, 3.63) is 10.7 Å². The van der Waals surface area contributed by atoms with E-state index in [1.807, 2.05) is 10.7 Å². The van der Waals surface area contributed by atoms with Gasteiger partial charge < -0.3 is 4.74 Å². The van der Waals surface area contributed by atoms with Crippen molar-refractivity contribution in [1.29, 1.82) is 0 Å². The quantitative estimate of drug-likeness (QED) is 0.744. The summed E-state index contributed by atoms with van der Waals surface area (Å²) in [6.07, 6.45) is 0. The molecule has 1 heterocycles. The van der Waals surface area contributed by atoms with Gasteiger partial charge in [0.25, 0.3) is 0 Å². The van der Waals surface area contributed by atoms with E-state index in [9.17, 15) is 0 Å². The van der Waals surface area contributed by atoms with Gasteiger partial charge in [-0.1, -0.05) is 0 Å². The Kier molecular flexibility index (Phi) is 2.46. The highest BCUT2D eigenvalue weighted by molar-refractivity contribution is 9.10. The summed E-state index contributed by atoms with van der Waals surface area (Å²) in [4.78, 5) is 0. The van der Waals surface area contributed by atoms with Gasteiger partial charge in [0, 0.05) is 6.07 Å². The smallest absolute Gasteiger partial charge is 0.213 e. The lowest BCUT2D eigenvalue weighted by Crippen LogP contribution is -2.23. The van der Waals surface area contributed by atoms with Gasteiger partial charge in [-0.25, -0.2) is 4.68 Å². The first-order valence-electron chi connectivity index (χ1n) is 3.75. The summed E-state index contributed by atoms with van der Waals surface area (Å²) in [6, 6.07) is 1.85. The third kappa shape index (κ3) is 1.80. The van der Waals surface area contributed by atoms with Crippen LogP contribution in [-0.2, 0) is 5.54 Å². The zero-order chi connectivity index (χ0) is 9.35. The van der Waals surface area contributed by atoms with E-state index in [1.165, 1.54) is 0 Å². The van der Waals surface area contributed by atoms with E-state index in [0.29, 0.717) is 0 Å². The number of nitrogens with zero attached hydrogens (tertiary/aromatic N) is 2. The maximum Gasteiger partial charge on any atom is 0.213 e. The fraction of sp³-hybridized carbons (Fsp3) is 0.625. The van der Waals surface area contributed by atoms with Crippen LogP contribution in [-0.4, -0.2) is 16.9 Å². The molecule has 0 saturated heterocycles. The molecule has 0 bridgehead atoms. The topological polar surface area (TPSA) is 27.1 Å². The van der Waals surface area contributed by atoms with Crippen LogP contribution in [0.2, 0.25) is 0 Å². The number of ether oxygens (including phenoxy) is 1. The molecule has 68 valence electrons. The highest BCUT2D eigenvalue weighted by Gasteiger charge is 2.19. The van der Waals surface area contributed by atoms with Crippen LogP contribution in [0.15, 0.2) is 10.7 Å². The Bertz CT molecular complexity index is 275. The fourth-order valence-electron chi connectivity index (χ4n) is 0.963. The van der Waals surface area contributed by atoms with Crippen molar-refractivity contribution >= 4 is 15.9 Å². The number of hydrogen-bond acceptors (Lipinski definition) is 2. The number of rotatable bonds is 1. The summed E-state index contributed by atoms with van der Waals surface area (Å²) in [7, 11) is 1.64. The van der Waals surface area contributed by atoms with Crippen molar-refractivity contribution in [1.82, 2.24) is 9.78 Å². The summed E-state index contributed by atoms with van der Waals surface area (Å²) >= 11 is 3.30. The van der Waals surface area contributed by atoms with E-state index in [-0.39, 0.29) is 5.54 Å². The Morgan fingerprint density at radius 3 is 2.42 bits per heavy atom. The van der Waals surface area contributed by atoms with Gasteiger partial charge in [-0.3, -0.25) is 0 Å². The molecular weight excluding hydrogens is 220 g/mol. The molecule has 3 nitrogen and oxygen atoms in total. The van der Waals surface area contributed by atoms with Crippen molar-refractivity contribution in [2.75, 3.05) is 7.11 Å². The van der Waals surface area contributed by atoms with Gasteiger partial charge >= 0.3 is 0 Å². The van der Waals surface area contributed by atoms with E-state index >= 15 is 0 Å². The Morgan fingerprint density at radius 2 is 2.08 bits per heavy atom. The molecule has 4 heteroatoms. The summed E-state index contributed by atoms with van der Waals surface area (Å²) in [5.41, 5.74) is -0.0443. The largest absolute Gasteiger partial charge is 0.481 e. The molecule has 0 aromatic carbocycles. The molecule has 1 aromatic heterocycles. The lowest BCUT2D eigenvalue weighted by Gasteiger charge is -2.20. The lowest BCUT2D eigenvalue weighted by atomic mass is 10.1. The zero-order valence-electron chi connectivity index (χ0n) is 7.76. The Labute approximate surface area is 80.8 Å². The third-order valence-corrected chi connectivity index (χ3v) is 1.88. The normalized spacial score (nSPS) is 11.8. The molecule has 0 aliphatic carbocycles. The number of hydrogen-bond donors (Lipinski definition) is 0. The van der Waals surface area contributed by atoms with Gasteiger partial charge in [-0.2, -0.15) is 5.10 Å². The van der Waals surface area contributed by atoms with E-state index in [4.69, 9.17) is 4.74 Å². The molecule has 0 atom stereocenters. The van der Waals surface area contributed by atoms with Crippen molar-refractivity contribution in [2.24, 2.45) is 0 Å². The van der Waals surface area contributed by atoms with E-state index in [1.54, 1.807) is 7.11 Å². The molecule has 0 saturated carbocycles. The molecule has 0 N–H and O–H groups in total. The van der Waals surface area contributed by atoms with Crippen LogP contribution in [0.3, 0.4) is 0 Å². The van der Waals surface area contributed by atoms with Crippen LogP contribution >= 0.6 is 15.9 Å². The highest BCUT2D eigenvalue weighted by atomic mass is 79.9. The van der Waals surface area contributed by atoms with E-state index in [2.05, 4.69) is 41.8 Å². The van der Waals surface area contributed by atoms with Gasteiger partial charge in [-0.15, -0.1) is 0 Å². The van der Waals surface area contributed by atoms with Gasteiger partial charge in [0.15, 0.2) is 0 Å². The van der Waals surface area contributed by atoms with E-state index < -0.39 is 0 Å². The molecule has 0 aliphatic heterocycles. The van der Waals surface area contributed by atoms with Gasteiger partial charge in [0.2, 0.25) is 5.88 Å². The van der Waals surface area contributed by atoms with Crippen LogP contribution in [0.4, 0.5) is 0 Å². The summed E-state index contributed by atoms with van der Waals surface area (Å²) in [6.45, 7) is 6.24. The van der Waals surface area contributed by atoms with Gasteiger partial charge in [0.1, 0.15) is 4.60 Å². The van der Waals surface area contributed by atoms with Crippen LogP contribution in [0.25, 0.3) is 0 Å². The van der Waals surface area contributed by atoms with Crippen LogP contribution < -0.4 is 4.74 Å². The average Bonchev–Trinajstić information content (AvgIpc) is 2.29. The first kappa shape index (κ1) is 9.58. The Morgan fingerprint density at radius 1 is 1.50 bits per heavy atom. The second kappa shape index (κ2) is 3.09. The summed E-state index contributed by atoms with van der Waals surface area (Å²) in [5, 5.41) is 4.26. The van der Waals surface area contributed by atoms with Crippen LogP contribution in [0.1, 0.15) is 20.8 Å². The molecule has 0 fully saturated rings. The minimum atomic E-state index is -0.0443. The summed E-state index contributed by atoms with van der Waals surface area (Å²) < 4.78 is 7.81. The monoisotopic (exact) mass is 232 g/mol. The number of halogens is 1. The van der Waals surface area contributed by atoms with Crippen molar-refractivity contribution < 1.29 is 4.74 Å². The second-order valence-electron chi connectivity index (χ2n) is 3.59. The van der Waals surface area contributed by atoms with Crippen molar-refractivity contribution in [2.45, 2.75) is 26.3 Å². The average molecular weight is 233 g/mol. The molecule has 1 rings (SSSR count). The van der Waals surface area contributed by atoms with E-state index in [0.717, 1.165) is 10.5 Å². The summed E-state index contributed by atoms with van der Waals surface area (Å²) in [5.74, 6) is 0.773. The van der Waals surface area contributed by atoms with Crippen molar-refractivity contribution in [3.63, 3.8) is 0 Å². The predicted octanol–water partition coefficient (Wildman–Crippen LogP) is 2.41. The third-order valence-electron chi connectivity index (χ3n) is 1.49. The first-order chi connectivity index (χ1) is 5.45. The van der Waals surface area contributed by atoms with Crippen LogP contribution in [0.5, 0.6) is 5.88 Å². The molecule has 0 aliphatic rings. The molecule has 1 aromatic rings. The first-order valence-corrected chi connectivity index (χ1v) is 4.54. The zero-order valence-corrected chi connectivity index (χ0v) is 9.34. The molecular formula is C8H13BrN2O. The molecule has 12 heavy (non-hydrogen) atoms. The molecule has 0 radical (unpaired) electrons. The second-order valence-corrected chi connectivity index (χ2v) is 4.40. The van der Waals surface area contributed by atoms with Gasteiger partial charge in [0.05, 0.1) is 12.6 Å². The SMILES string of the molecule is COc1cc(Br)nn1C(C)(C)C. The fourth-order valence-corrected chi connectivity index (χ4v) is 1.32. The minimum Gasteiger partial charge on any atom is -0.481 e. The van der Waals surface area contributed by atoms with Gasteiger partial charge in [-0.05, 0) is 36.7 Å². The highest BCUT2D eigenvalue weighted by Crippen LogP contribution is 2.24. The Balaban J connectivity index is 3.13. The van der Waals surface area contributed by atoms with Crippen molar-refractivity contribution in [3.8, 4) is 5.88 Å². The number of aromatic nitrogens is 2. The maximum atomic E-state index is 5.16. The minimum absolute atomic E-state index is 0.0443. The molecule has 0 spiro atoms. The molecule has 0 unspecified atom stereocenters.